The number of amides is 1. The zero-order valence-corrected chi connectivity index (χ0v) is 17.2. The van der Waals surface area contributed by atoms with Gasteiger partial charge in [0.2, 0.25) is 5.91 Å². The second kappa shape index (κ2) is 8.52. The summed E-state index contributed by atoms with van der Waals surface area (Å²) < 4.78 is 27.1. The van der Waals surface area contributed by atoms with Gasteiger partial charge in [-0.3, -0.25) is 9.69 Å². The molecule has 0 unspecified atom stereocenters. The minimum absolute atomic E-state index is 0.0331. The molecule has 1 aromatic carbocycles. The lowest BCUT2D eigenvalue weighted by Gasteiger charge is -2.35. The quantitative estimate of drug-likeness (QED) is 0.738. The summed E-state index contributed by atoms with van der Waals surface area (Å²) in [7, 11) is -3.41. The molecule has 0 spiro atoms. The molecule has 2 aromatic rings. The van der Waals surface area contributed by atoms with Crippen LogP contribution in [0, 0.1) is 0 Å². The third-order valence-corrected chi connectivity index (χ3v) is 7.87. The van der Waals surface area contributed by atoms with Crippen molar-refractivity contribution in [2.75, 3.05) is 37.6 Å². The molecule has 0 atom stereocenters. The van der Waals surface area contributed by atoms with Crippen LogP contribution in [-0.2, 0) is 14.8 Å². The van der Waals surface area contributed by atoms with Gasteiger partial charge in [-0.1, -0.05) is 24.3 Å². The number of nitrogens with zero attached hydrogens (tertiary/aromatic N) is 3. The van der Waals surface area contributed by atoms with E-state index >= 15 is 0 Å². The molecule has 1 saturated heterocycles. The number of sulfonamides is 1. The SMILES string of the molecule is CC(C)N(C(=O)CN1CCN(S(=O)(=O)c2cccs2)CC1)c1ccccc1. The molecule has 0 bridgehead atoms. The highest BCUT2D eigenvalue weighted by Crippen LogP contribution is 2.22. The average molecular weight is 408 g/mol. The molecule has 0 N–H and O–H groups in total. The van der Waals surface area contributed by atoms with Crippen molar-refractivity contribution in [1.82, 2.24) is 9.21 Å². The third-order valence-electron chi connectivity index (χ3n) is 4.60. The lowest BCUT2D eigenvalue weighted by molar-refractivity contribution is -0.120. The largest absolute Gasteiger partial charge is 0.309 e. The maximum atomic E-state index is 12.9. The average Bonchev–Trinajstić information content (AvgIpc) is 3.18. The van der Waals surface area contributed by atoms with Crippen molar-refractivity contribution in [2.24, 2.45) is 0 Å². The molecule has 27 heavy (non-hydrogen) atoms. The van der Waals surface area contributed by atoms with Gasteiger partial charge in [0, 0.05) is 37.9 Å². The number of hydrogen-bond donors (Lipinski definition) is 0. The number of carbonyl (C=O) groups is 1. The van der Waals surface area contributed by atoms with Crippen LogP contribution in [0.4, 0.5) is 5.69 Å². The highest BCUT2D eigenvalue weighted by atomic mass is 32.2. The number of thiophene rings is 1. The Labute approximate surface area is 165 Å². The molecule has 8 heteroatoms. The van der Waals surface area contributed by atoms with Gasteiger partial charge in [0.1, 0.15) is 4.21 Å². The van der Waals surface area contributed by atoms with Gasteiger partial charge in [0.25, 0.3) is 10.0 Å². The molecule has 0 saturated carbocycles. The van der Waals surface area contributed by atoms with Gasteiger partial charge >= 0.3 is 0 Å². The first-order valence-corrected chi connectivity index (χ1v) is 11.3. The smallest absolute Gasteiger partial charge is 0.252 e. The lowest BCUT2D eigenvalue weighted by Crippen LogP contribution is -2.52. The van der Waals surface area contributed by atoms with E-state index in [1.54, 1.807) is 22.4 Å². The second-order valence-corrected chi connectivity index (χ2v) is 9.92. The first kappa shape index (κ1) is 20.0. The fraction of sp³-hybridized carbons (Fsp3) is 0.421. The lowest BCUT2D eigenvalue weighted by atomic mass is 10.2. The van der Waals surface area contributed by atoms with Crippen molar-refractivity contribution in [1.29, 1.82) is 0 Å². The first-order valence-electron chi connectivity index (χ1n) is 9.02. The summed E-state index contributed by atoms with van der Waals surface area (Å²) >= 11 is 1.24. The summed E-state index contributed by atoms with van der Waals surface area (Å²) in [4.78, 5) is 16.7. The van der Waals surface area contributed by atoms with E-state index in [-0.39, 0.29) is 11.9 Å². The number of rotatable bonds is 6. The molecule has 1 aromatic heterocycles. The van der Waals surface area contributed by atoms with Gasteiger partial charge in [0.05, 0.1) is 6.54 Å². The van der Waals surface area contributed by atoms with Crippen molar-refractivity contribution >= 4 is 33.0 Å². The van der Waals surface area contributed by atoms with Crippen molar-refractivity contribution < 1.29 is 13.2 Å². The second-order valence-electron chi connectivity index (χ2n) is 6.81. The third kappa shape index (κ3) is 4.57. The Morgan fingerprint density at radius 3 is 2.30 bits per heavy atom. The van der Waals surface area contributed by atoms with Crippen LogP contribution in [0.1, 0.15) is 13.8 Å². The summed E-state index contributed by atoms with van der Waals surface area (Å²) in [6.07, 6.45) is 0. The number of piperazine rings is 1. The van der Waals surface area contributed by atoms with Gasteiger partial charge in [-0.25, -0.2) is 8.42 Å². The van der Waals surface area contributed by atoms with Gasteiger partial charge in [-0.05, 0) is 37.4 Å². The van der Waals surface area contributed by atoms with Crippen LogP contribution in [0.25, 0.3) is 0 Å². The monoisotopic (exact) mass is 407 g/mol. The Hall–Kier alpha value is -1.74. The van der Waals surface area contributed by atoms with Gasteiger partial charge < -0.3 is 4.90 Å². The summed E-state index contributed by atoms with van der Waals surface area (Å²) in [6, 6.07) is 13.1. The van der Waals surface area contributed by atoms with E-state index in [4.69, 9.17) is 0 Å². The maximum Gasteiger partial charge on any atom is 0.252 e. The van der Waals surface area contributed by atoms with Crippen LogP contribution in [-0.4, -0.2) is 62.3 Å². The number of anilines is 1. The summed E-state index contributed by atoms with van der Waals surface area (Å²) in [5, 5.41) is 1.77. The summed E-state index contributed by atoms with van der Waals surface area (Å²) in [5.41, 5.74) is 0.886. The number of hydrogen-bond acceptors (Lipinski definition) is 5. The molecule has 6 nitrogen and oxygen atoms in total. The van der Waals surface area contributed by atoms with Gasteiger partial charge in [0.15, 0.2) is 0 Å². The first-order chi connectivity index (χ1) is 12.9. The molecule has 0 aliphatic carbocycles. The molecule has 2 heterocycles. The normalized spacial score (nSPS) is 16.6. The Morgan fingerprint density at radius 2 is 1.74 bits per heavy atom. The molecule has 1 aliphatic heterocycles. The maximum absolute atomic E-state index is 12.9. The number of para-hydroxylation sites is 1. The number of carbonyl (C=O) groups excluding carboxylic acids is 1. The summed E-state index contributed by atoms with van der Waals surface area (Å²) in [6.45, 7) is 6.20. The van der Waals surface area contributed by atoms with E-state index in [9.17, 15) is 13.2 Å². The summed E-state index contributed by atoms with van der Waals surface area (Å²) in [5.74, 6) is 0.0331. The van der Waals surface area contributed by atoms with Gasteiger partial charge in [-0.2, -0.15) is 4.31 Å². The van der Waals surface area contributed by atoms with Crippen LogP contribution in [0.15, 0.2) is 52.1 Å². The van der Waals surface area contributed by atoms with Crippen LogP contribution in [0.3, 0.4) is 0 Å². The van der Waals surface area contributed by atoms with E-state index in [0.29, 0.717) is 36.9 Å². The molecule has 3 rings (SSSR count). The fourth-order valence-electron chi connectivity index (χ4n) is 3.25. The molecule has 1 fully saturated rings. The van der Waals surface area contributed by atoms with Crippen LogP contribution >= 0.6 is 11.3 Å². The zero-order chi connectivity index (χ0) is 19.4. The minimum atomic E-state index is -3.41. The molecule has 1 aliphatic rings. The topological polar surface area (TPSA) is 60.9 Å². The van der Waals surface area contributed by atoms with Crippen LogP contribution < -0.4 is 4.90 Å². The predicted octanol–water partition coefficient (Wildman–Crippen LogP) is 2.50. The Bertz CT molecular complexity index is 844. The fourth-order valence-corrected chi connectivity index (χ4v) is 5.82. The van der Waals surface area contributed by atoms with Crippen molar-refractivity contribution in [3.05, 3.63) is 47.8 Å². The molecule has 0 radical (unpaired) electrons. The Morgan fingerprint density at radius 1 is 1.07 bits per heavy atom. The zero-order valence-electron chi connectivity index (χ0n) is 15.6. The van der Waals surface area contributed by atoms with E-state index in [1.807, 2.05) is 49.1 Å². The van der Waals surface area contributed by atoms with Crippen LogP contribution in [0.2, 0.25) is 0 Å². The van der Waals surface area contributed by atoms with Crippen molar-refractivity contribution in [3.8, 4) is 0 Å². The van der Waals surface area contributed by atoms with E-state index < -0.39 is 10.0 Å². The van der Waals surface area contributed by atoms with Gasteiger partial charge in [-0.15, -0.1) is 11.3 Å². The Balaban J connectivity index is 1.61. The molecule has 146 valence electrons. The van der Waals surface area contributed by atoms with Crippen molar-refractivity contribution in [3.63, 3.8) is 0 Å². The van der Waals surface area contributed by atoms with E-state index in [2.05, 4.69) is 0 Å². The van der Waals surface area contributed by atoms with E-state index in [0.717, 1.165) is 5.69 Å². The predicted molar refractivity (Wildman–Crippen MR) is 109 cm³/mol. The Kier molecular flexibility index (Phi) is 6.31. The highest BCUT2D eigenvalue weighted by molar-refractivity contribution is 7.91. The van der Waals surface area contributed by atoms with Crippen LogP contribution in [0.5, 0.6) is 0 Å². The van der Waals surface area contributed by atoms with E-state index in [1.165, 1.54) is 15.6 Å². The number of benzene rings is 1. The molecule has 1 amide bonds. The van der Waals surface area contributed by atoms with Crippen molar-refractivity contribution in [2.45, 2.75) is 24.1 Å². The molecular weight excluding hydrogens is 382 g/mol. The molecular formula is C19H25N3O3S2. The minimum Gasteiger partial charge on any atom is -0.309 e. The standard InChI is InChI=1S/C19H25N3O3S2/c1-16(2)22(17-7-4-3-5-8-17)18(23)15-20-10-12-21(13-11-20)27(24,25)19-9-6-14-26-19/h3-9,14,16H,10-13,15H2,1-2H3. The highest BCUT2D eigenvalue weighted by Gasteiger charge is 2.30.